The Morgan fingerprint density at radius 3 is 2.31 bits per heavy atom. The first-order chi connectivity index (χ1) is 17.1. The second kappa shape index (κ2) is 10.1. The van der Waals surface area contributed by atoms with Crippen molar-refractivity contribution in [2.24, 2.45) is 0 Å². The van der Waals surface area contributed by atoms with Crippen LogP contribution in [0.3, 0.4) is 0 Å². The molecule has 2 saturated heterocycles. The van der Waals surface area contributed by atoms with Gasteiger partial charge in [-0.25, -0.2) is 4.79 Å². The van der Waals surface area contributed by atoms with Crippen molar-refractivity contribution in [1.82, 2.24) is 15.1 Å². The van der Waals surface area contributed by atoms with Crippen LogP contribution in [0, 0.1) is 13.8 Å². The van der Waals surface area contributed by atoms with Gasteiger partial charge in [-0.05, 0) is 44.1 Å². The zero-order valence-electron chi connectivity index (χ0n) is 20.3. The topological polar surface area (TPSA) is 119 Å². The summed E-state index contributed by atoms with van der Waals surface area (Å²) in [6.45, 7) is 5.73. The Hall–Kier alpha value is -3.18. The third-order valence-corrected chi connectivity index (χ3v) is 7.16. The highest BCUT2D eigenvalue weighted by Gasteiger charge is 2.59. The van der Waals surface area contributed by atoms with Crippen LogP contribution < -0.4 is 5.32 Å². The number of aliphatic hydroxyl groups excluding tert-OH is 1. The van der Waals surface area contributed by atoms with E-state index in [2.05, 4.69) is 5.32 Å². The molecule has 2 aromatic carbocycles. The molecular weight excluding hydrogens is 482 g/mol. The van der Waals surface area contributed by atoms with Gasteiger partial charge in [0.05, 0.1) is 6.67 Å². The van der Waals surface area contributed by atoms with Crippen LogP contribution in [0.2, 0.25) is 0 Å². The Morgan fingerprint density at radius 2 is 1.72 bits per heavy atom. The fourth-order valence-corrected chi connectivity index (χ4v) is 4.94. The number of thiocarbonyl (C=S) groups is 1. The summed E-state index contributed by atoms with van der Waals surface area (Å²) in [4.78, 5) is 42.2. The molecule has 9 nitrogen and oxygen atoms in total. The normalized spacial score (nSPS) is 25.0. The number of aryl methyl sites for hydroxylation is 2. The fraction of sp³-hybridized carbons (Fsp3) is 0.385. The van der Waals surface area contributed by atoms with Gasteiger partial charge in [0.25, 0.3) is 0 Å². The predicted octanol–water partition coefficient (Wildman–Crippen LogP) is 2.17. The Balaban J connectivity index is 1.72. The van der Waals surface area contributed by atoms with E-state index in [0.717, 1.165) is 0 Å². The quantitative estimate of drug-likeness (QED) is 0.382. The summed E-state index contributed by atoms with van der Waals surface area (Å²) >= 11 is 5.34. The molecular formula is C26H29N3O6S. The summed E-state index contributed by atoms with van der Waals surface area (Å²) < 4.78 is 6.06. The molecule has 2 aliphatic heterocycles. The maximum Gasteiger partial charge on any atom is 0.325 e. The molecule has 0 radical (unpaired) electrons. The van der Waals surface area contributed by atoms with E-state index >= 15 is 0 Å². The molecule has 2 aromatic rings. The molecule has 0 spiro atoms. The minimum Gasteiger partial charge on any atom is -0.382 e. The largest absolute Gasteiger partial charge is 0.382 e. The van der Waals surface area contributed by atoms with Crippen LogP contribution in [-0.2, 0) is 4.74 Å². The lowest BCUT2D eigenvalue weighted by Gasteiger charge is -2.39. The average molecular weight is 512 g/mol. The van der Waals surface area contributed by atoms with E-state index in [1.54, 1.807) is 69.3 Å². The number of hydrogen-bond donors (Lipinski definition) is 3. The number of nitrogens with one attached hydrogen (secondary N) is 1. The molecule has 4 atom stereocenters. The van der Waals surface area contributed by atoms with Crippen LogP contribution >= 0.6 is 12.2 Å². The molecule has 0 bridgehead atoms. The van der Waals surface area contributed by atoms with Crippen LogP contribution in [0.1, 0.15) is 45.2 Å². The van der Waals surface area contributed by atoms with Crippen molar-refractivity contribution < 1.29 is 29.3 Å². The number of Topliss-reactive ketones (excluding diaryl/α,β-unsaturated/α-hetero) is 2. The van der Waals surface area contributed by atoms with E-state index in [1.165, 1.54) is 9.80 Å². The van der Waals surface area contributed by atoms with E-state index in [0.29, 0.717) is 17.7 Å². The summed E-state index contributed by atoms with van der Waals surface area (Å²) in [5, 5.41) is 25.7. The highest BCUT2D eigenvalue weighted by Crippen LogP contribution is 2.39. The van der Waals surface area contributed by atoms with Gasteiger partial charge in [0.1, 0.15) is 18.4 Å². The van der Waals surface area contributed by atoms with Gasteiger partial charge in [-0.1, -0.05) is 48.5 Å². The van der Waals surface area contributed by atoms with E-state index in [4.69, 9.17) is 17.0 Å². The lowest BCUT2D eigenvalue weighted by molar-refractivity contribution is -0.101. The van der Waals surface area contributed by atoms with Gasteiger partial charge in [0.2, 0.25) is 0 Å². The lowest BCUT2D eigenvalue weighted by atomic mass is 9.81. The first kappa shape index (κ1) is 25.9. The van der Waals surface area contributed by atoms with Crippen molar-refractivity contribution in [2.45, 2.75) is 51.2 Å². The van der Waals surface area contributed by atoms with E-state index in [1.807, 2.05) is 0 Å². The summed E-state index contributed by atoms with van der Waals surface area (Å²) in [5.74, 6) is -1.33. The Morgan fingerprint density at radius 1 is 1.14 bits per heavy atom. The maximum absolute atomic E-state index is 13.7. The van der Waals surface area contributed by atoms with Gasteiger partial charge in [-0.15, -0.1) is 0 Å². The number of hydrogen-bond acceptors (Lipinski definition) is 7. The molecule has 190 valence electrons. The first-order valence-corrected chi connectivity index (χ1v) is 12.1. The molecule has 0 aromatic heterocycles. The fourth-order valence-electron chi connectivity index (χ4n) is 4.68. The first-order valence-electron chi connectivity index (χ1n) is 11.7. The highest BCUT2D eigenvalue weighted by atomic mass is 32.1. The van der Waals surface area contributed by atoms with Gasteiger partial charge in [0.15, 0.2) is 22.3 Å². The third-order valence-electron chi connectivity index (χ3n) is 6.82. The standard InChI is InChI=1S/C26H29N3O6S/c1-4-28-14-29(25(36)27-24(28)33)19-13-26(34,22(32)18-12-8-6-10-16(18)3)23(35-19)21(31)20(30)17-11-7-5-9-15(17)2/h5-12,19,21,23,31,34H,4,13-14H2,1-3H3,(H,27,33,36)/t19-,21?,23-,26-/m1/s1. The number of carbonyl (C=O) groups excluding carboxylic acids is 3. The molecule has 1 unspecified atom stereocenters. The summed E-state index contributed by atoms with van der Waals surface area (Å²) in [5.41, 5.74) is -0.433. The average Bonchev–Trinajstić information content (AvgIpc) is 3.21. The van der Waals surface area contributed by atoms with Crippen molar-refractivity contribution in [1.29, 1.82) is 0 Å². The summed E-state index contributed by atoms with van der Waals surface area (Å²) in [6, 6.07) is 13.1. The van der Waals surface area contributed by atoms with E-state index < -0.39 is 35.6 Å². The Bertz CT molecular complexity index is 1220. The minimum atomic E-state index is -2.23. The molecule has 4 rings (SSSR count). The smallest absolute Gasteiger partial charge is 0.325 e. The maximum atomic E-state index is 13.7. The summed E-state index contributed by atoms with van der Waals surface area (Å²) in [6.07, 6.45) is -4.65. The van der Waals surface area contributed by atoms with Crippen molar-refractivity contribution in [3.63, 3.8) is 0 Å². The van der Waals surface area contributed by atoms with Crippen LogP contribution in [0.4, 0.5) is 4.79 Å². The zero-order chi connectivity index (χ0) is 26.2. The Labute approximate surface area is 214 Å². The number of benzene rings is 2. The summed E-state index contributed by atoms with van der Waals surface area (Å²) in [7, 11) is 0. The molecule has 36 heavy (non-hydrogen) atoms. The number of rotatable bonds is 7. The number of nitrogens with zero attached hydrogens (tertiary/aromatic N) is 2. The number of amides is 2. The van der Waals surface area contributed by atoms with E-state index in [-0.39, 0.29) is 35.4 Å². The van der Waals surface area contributed by atoms with Gasteiger partial charge in [0, 0.05) is 24.1 Å². The molecule has 3 N–H and O–H groups in total. The number of aliphatic hydroxyl groups is 2. The number of urea groups is 1. The Kier molecular flexibility index (Phi) is 7.24. The molecule has 2 fully saturated rings. The van der Waals surface area contributed by atoms with Gasteiger partial charge >= 0.3 is 6.03 Å². The van der Waals surface area contributed by atoms with Crippen LogP contribution in [0.15, 0.2) is 48.5 Å². The second-order valence-electron chi connectivity index (χ2n) is 9.11. The SMILES string of the molecule is CCN1CN([C@H]2C[C@@](O)(C(=O)c3ccccc3C)[C@@H](C(O)C(=O)c3ccccc3C)O2)C(=S)NC1=O. The van der Waals surface area contributed by atoms with Gasteiger partial charge < -0.3 is 24.7 Å². The monoisotopic (exact) mass is 511 g/mol. The van der Waals surface area contributed by atoms with Gasteiger partial charge in [-0.3, -0.25) is 14.9 Å². The predicted molar refractivity (Wildman–Crippen MR) is 135 cm³/mol. The van der Waals surface area contributed by atoms with Crippen molar-refractivity contribution in [2.75, 3.05) is 13.2 Å². The third kappa shape index (κ3) is 4.53. The lowest BCUT2D eigenvalue weighted by Crippen LogP contribution is -2.61. The number of ether oxygens (including phenoxy) is 1. The molecule has 2 aliphatic rings. The van der Waals surface area contributed by atoms with Crippen LogP contribution in [0.5, 0.6) is 0 Å². The number of carbonyl (C=O) groups is 3. The van der Waals surface area contributed by atoms with Crippen molar-refractivity contribution in [3.05, 3.63) is 70.8 Å². The molecule has 2 heterocycles. The second-order valence-corrected chi connectivity index (χ2v) is 9.50. The van der Waals surface area contributed by atoms with Crippen LogP contribution in [0.25, 0.3) is 0 Å². The van der Waals surface area contributed by atoms with Crippen molar-refractivity contribution >= 4 is 34.9 Å². The van der Waals surface area contributed by atoms with E-state index in [9.17, 15) is 24.6 Å². The molecule has 0 saturated carbocycles. The number of ketones is 2. The minimum absolute atomic E-state index is 0.0645. The highest BCUT2D eigenvalue weighted by molar-refractivity contribution is 7.80. The molecule has 2 amide bonds. The molecule has 10 heteroatoms. The molecule has 0 aliphatic carbocycles. The van der Waals surface area contributed by atoms with Crippen LogP contribution in [-0.4, -0.2) is 80.0 Å². The zero-order valence-corrected chi connectivity index (χ0v) is 21.1. The van der Waals surface area contributed by atoms with Crippen molar-refractivity contribution in [3.8, 4) is 0 Å². The van der Waals surface area contributed by atoms with Gasteiger partial charge in [-0.2, -0.15) is 0 Å².